The molecule has 0 aliphatic carbocycles. The van der Waals surface area contributed by atoms with Crippen LogP contribution in [0.2, 0.25) is 0 Å². The van der Waals surface area contributed by atoms with Gasteiger partial charge in [-0.15, -0.1) is 0 Å². The van der Waals surface area contributed by atoms with Gasteiger partial charge in [0.15, 0.2) is 0 Å². The Labute approximate surface area is 131 Å². The summed E-state index contributed by atoms with van der Waals surface area (Å²) in [5.41, 5.74) is 0. The topological polar surface area (TPSA) is 57.5 Å². The van der Waals surface area contributed by atoms with Crippen LogP contribution < -0.4 is 0 Å². The maximum Gasteiger partial charge on any atom is 2.00 e. The predicted octanol–water partition coefficient (Wildman–Crippen LogP) is 4.61. The normalized spacial score (nSPS) is 10.3. The van der Waals surface area contributed by atoms with E-state index in [1.165, 1.54) is 32.1 Å². The zero-order chi connectivity index (χ0) is 13.6. The van der Waals surface area contributed by atoms with Crippen LogP contribution in [0.4, 0.5) is 0 Å². The van der Waals surface area contributed by atoms with Gasteiger partial charge in [-0.3, -0.25) is 0 Å². The maximum atomic E-state index is 10.1. The number of hydrogen-bond donors (Lipinski definition) is 2. The minimum Gasteiger partial charge on any atom is -0.343 e. The molecule has 6 heteroatoms. The second-order valence-electron chi connectivity index (χ2n) is 3.80. The van der Waals surface area contributed by atoms with Crippen LogP contribution in [0.1, 0.15) is 58.3 Å². The third-order valence-corrected chi connectivity index (χ3v) is 4.37. The van der Waals surface area contributed by atoms with Crippen molar-refractivity contribution in [1.82, 2.24) is 0 Å². The molecule has 0 heterocycles. The van der Waals surface area contributed by atoms with Gasteiger partial charge in [-0.1, -0.05) is 45.4 Å². The molecule has 3 nitrogen and oxygen atoms in total. The van der Waals surface area contributed by atoms with Crippen LogP contribution >= 0.6 is 18.2 Å². The van der Waals surface area contributed by atoms with Crippen LogP contribution in [0.25, 0.3) is 0 Å². The summed E-state index contributed by atoms with van der Waals surface area (Å²) in [6, 6.07) is 0. The molecule has 0 amide bonds. The zero-order valence-corrected chi connectivity index (χ0v) is 15.1. The molecule has 110 valence electrons. The van der Waals surface area contributed by atoms with Gasteiger partial charge in [-0.25, -0.2) is 4.57 Å². The average molecular weight is 378 g/mol. The molecule has 0 spiro atoms. The molecule has 0 aliphatic rings. The SMILES string of the molecule is [CH2-]CCCCCCC.[CH2-]CCCSP(=O)(O)O.[Mo+2]. The summed E-state index contributed by atoms with van der Waals surface area (Å²) in [6.45, 7) is 5.76. The second kappa shape index (κ2) is 18.2. The van der Waals surface area contributed by atoms with Gasteiger partial charge in [0.05, 0.1) is 0 Å². The van der Waals surface area contributed by atoms with E-state index >= 15 is 0 Å². The molecule has 18 heavy (non-hydrogen) atoms. The van der Waals surface area contributed by atoms with Gasteiger partial charge in [0.2, 0.25) is 0 Å². The first-order valence-corrected chi connectivity index (χ1v) is 9.46. The molecule has 0 aromatic carbocycles. The molecular formula is C12H27MoO3PS. The van der Waals surface area contributed by atoms with Gasteiger partial charge < -0.3 is 23.6 Å². The van der Waals surface area contributed by atoms with Gasteiger partial charge in [-0.2, -0.15) is 12.8 Å². The smallest absolute Gasteiger partial charge is 0.343 e. The van der Waals surface area contributed by atoms with E-state index in [2.05, 4.69) is 20.8 Å². The van der Waals surface area contributed by atoms with Crippen LogP contribution in [-0.2, 0) is 25.6 Å². The first kappa shape index (κ1) is 24.2. The van der Waals surface area contributed by atoms with Crippen molar-refractivity contribution >= 4 is 18.2 Å². The molecule has 0 radical (unpaired) electrons. The van der Waals surface area contributed by atoms with Crippen LogP contribution in [-0.4, -0.2) is 15.5 Å². The van der Waals surface area contributed by atoms with Crippen molar-refractivity contribution < 1.29 is 35.4 Å². The first-order chi connectivity index (χ1) is 7.97. The molecule has 0 saturated carbocycles. The van der Waals surface area contributed by atoms with Crippen LogP contribution in [0.15, 0.2) is 0 Å². The van der Waals surface area contributed by atoms with Gasteiger partial charge in [-0.05, 0) is 11.4 Å². The Morgan fingerprint density at radius 1 is 1.00 bits per heavy atom. The van der Waals surface area contributed by atoms with Crippen LogP contribution in [0.5, 0.6) is 0 Å². The molecule has 0 atom stereocenters. The van der Waals surface area contributed by atoms with Crippen molar-refractivity contribution in [2.75, 3.05) is 5.75 Å². The molecule has 0 unspecified atom stereocenters. The number of hydrogen-bond acceptors (Lipinski definition) is 2. The summed E-state index contributed by atoms with van der Waals surface area (Å²) in [5.74, 6) is 0.494. The van der Waals surface area contributed by atoms with Crippen LogP contribution in [0, 0.1) is 13.8 Å². The second-order valence-corrected chi connectivity index (χ2v) is 7.65. The van der Waals surface area contributed by atoms with E-state index in [1.807, 2.05) is 0 Å². The van der Waals surface area contributed by atoms with Gasteiger partial charge in [0.1, 0.15) is 0 Å². The van der Waals surface area contributed by atoms with E-state index in [1.54, 1.807) is 0 Å². The summed E-state index contributed by atoms with van der Waals surface area (Å²) >= 11 is 0.685. The Bertz CT molecular complexity index is 182. The Balaban J connectivity index is -0.000000238. The standard InChI is InChI=1S/C8H17.C4H10O3PS.Mo/c1-3-5-7-8-6-4-2;1-2-3-4-9-8(5,6)7;/h1,3-8H2,2H3;1-4H2,(H2,5,6,7);/q2*-1;+2. The van der Waals surface area contributed by atoms with Crippen molar-refractivity contribution in [1.29, 1.82) is 0 Å². The van der Waals surface area contributed by atoms with Gasteiger partial charge >= 0.3 is 27.9 Å². The van der Waals surface area contributed by atoms with Crippen LogP contribution in [0.3, 0.4) is 0 Å². The first-order valence-electron chi connectivity index (χ1n) is 6.26. The van der Waals surface area contributed by atoms with E-state index in [9.17, 15) is 4.57 Å². The molecule has 0 bridgehead atoms. The van der Waals surface area contributed by atoms with Crippen molar-refractivity contribution in [3.05, 3.63) is 13.8 Å². The summed E-state index contributed by atoms with van der Waals surface area (Å²) in [6.07, 6.45) is 9.47. The molecular weight excluding hydrogens is 351 g/mol. The van der Waals surface area contributed by atoms with Gasteiger partial charge in [0, 0.05) is 5.75 Å². The molecule has 0 rings (SSSR count). The van der Waals surface area contributed by atoms with Crippen molar-refractivity contribution in [2.45, 2.75) is 58.3 Å². The third kappa shape index (κ3) is 30.3. The molecule has 0 aromatic heterocycles. The third-order valence-electron chi connectivity index (χ3n) is 2.01. The number of unbranched alkanes of at least 4 members (excludes halogenated alkanes) is 6. The maximum absolute atomic E-state index is 10.1. The summed E-state index contributed by atoms with van der Waals surface area (Å²) < 4.78 is 10.1. The fourth-order valence-electron chi connectivity index (χ4n) is 1.07. The fraction of sp³-hybridized carbons (Fsp3) is 0.833. The van der Waals surface area contributed by atoms with E-state index < -0.39 is 6.80 Å². The van der Waals surface area contributed by atoms with Crippen molar-refractivity contribution in [2.24, 2.45) is 0 Å². The van der Waals surface area contributed by atoms with Gasteiger partial charge in [0.25, 0.3) is 0 Å². The average Bonchev–Trinajstić information content (AvgIpc) is 2.24. The number of rotatable bonds is 9. The monoisotopic (exact) mass is 380 g/mol. The summed E-state index contributed by atoms with van der Waals surface area (Å²) in [7, 11) is 0. The molecule has 0 aliphatic heterocycles. The predicted molar refractivity (Wildman–Crippen MR) is 77.8 cm³/mol. The van der Waals surface area contributed by atoms with E-state index in [-0.39, 0.29) is 21.1 Å². The van der Waals surface area contributed by atoms with Crippen molar-refractivity contribution in [3.8, 4) is 0 Å². The van der Waals surface area contributed by atoms with Crippen molar-refractivity contribution in [3.63, 3.8) is 0 Å². The minimum absolute atomic E-state index is 0. The summed E-state index contributed by atoms with van der Waals surface area (Å²) in [4.78, 5) is 16.6. The Morgan fingerprint density at radius 2 is 1.50 bits per heavy atom. The minimum atomic E-state index is -3.81. The summed E-state index contributed by atoms with van der Waals surface area (Å²) in [5, 5.41) is 0. The van der Waals surface area contributed by atoms with E-state index in [0.29, 0.717) is 17.1 Å². The largest absolute Gasteiger partial charge is 2.00 e. The Morgan fingerprint density at radius 3 is 1.89 bits per heavy atom. The molecule has 0 aromatic rings. The molecule has 2 N–H and O–H groups in total. The molecule has 0 saturated heterocycles. The quantitative estimate of drug-likeness (QED) is 0.266. The van der Waals surface area contributed by atoms with E-state index in [0.717, 1.165) is 19.3 Å². The van der Waals surface area contributed by atoms with E-state index in [4.69, 9.17) is 9.79 Å². The Hall–Kier alpha value is 1.19. The fourth-order valence-corrected chi connectivity index (χ4v) is 2.74. The molecule has 0 fully saturated rings. The Kier molecular flexibility index (Phi) is 24.5. The zero-order valence-electron chi connectivity index (χ0n) is 11.3.